The Morgan fingerprint density at radius 2 is 2.29 bits per heavy atom. The van der Waals surface area contributed by atoms with E-state index in [0.717, 1.165) is 12.8 Å². The van der Waals surface area contributed by atoms with Crippen LogP contribution in [0.1, 0.15) is 12.8 Å². The second-order valence-corrected chi connectivity index (χ2v) is 3.59. The minimum atomic E-state index is -0.797. The van der Waals surface area contributed by atoms with E-state index in [4.69, 9.17) is 11.7 Å². The molecule has 0 atom stereocenters. The molecule has 1 aromatic rings. The van der Waals surface area contributed by atoms with Crippen LogP contribution in [0.5, 0.6) is 0 Å². The topological polar surface area (TPSA) is 113 Å². The average molecular weight is 241 g/mol. The normalized spacial score (nSPS) is 14.3. The van der Waals surface area contributed by atoms with Gasteiger partial charge >= 0.3 is 6.03 Å². The highest BCUT2D eigenvalue weighted by Gasteiger charge is 2.33. The van der Waals surface area contributed by atoms with Gasteiger partial charge in [0.05, 0.1) is 12.2 Å². The third kappa shape index (κ3) is 2.24. The summed E-state index contributed by atoms with van der Waals surface area (Å²) < 4.78 is 13.8. The van der Waals surface area contributed by atoms with Crippen molar-refractivity contribution >= 4 is 17.5 Å². The van der Waals surface area contributed by atoms with Crippen LogP contribution in [0.3, 0.4) is 0 Å². The van der Waals surface area contributed by atoms with E-state index in [0.29, 0.717) is 10.1 Å². The molecule has 0 spiro atoms. The summed E-state index contributed by atoms with van der Waals surface area (Å²) in [6.07, 6.45) is 3.92. The molecule has 0 bridgehead atoms. The van der Waals surface area contributed by atoms with E-state index in [1.165, 1.54) is 12.5 Å². The summed E-state index contributed by atoms with van der Waals surface area (Å²) in [5.74, 6) is 10.4. The molecule has 0 saturated heterocycles. The molecule has 0 radical (unpaired) electrons. The van der Waals surface area contributed by atoms with Gasteiger partial charge in [0.2, 0.25) is 0 Å². The summed E-state index contributed by atoms with van der Waals surface area (Å²) in [6, 6.07) is -0.997. The Balaban J connectivity index is 2.29. The first kappa shape index (κ1) is 11.5. The highest BCUT2D eigenvalue weighted by atomic mass is 19.2. The largest absolute Gasteiger partial charge is 0.351 e. The molecule has 1 heterocycles. The fourth-order valence-corrected chi connectivity index (χ4v) is 1.32. The van der Waals surface area contributed by atoms with E-state index in [-0.39, 0.29) is 17.5 Å². The molecule has 17 heavy (non-hydrogen) atoms. The molecule has 0 aliphatic heterocycles. The van der Waals surface area contributed by atoms with Crippen LogP contribution < -0.4 is 27.2 Å². The third-order valence-corrected chi connectivity index (χ3v) is 2.34. The van der Waals surface area contributed by atoms with E-state index in [1.807, 2.05) is 5.43 Å². The van der Waals surface area contributed by atoms with Gasteiger partial charge in [0.15, 0.2) is 5.82 Å². The number of nitrogens with two attached hydrogens (primary N) is 2. The average Bonchev–Trinajstić information content (AvgIpc) is 3.20. The van der Waals surface area contributed by atoms with Crippen molar-refractivity contribution in [3.63, 3.8) is 0 Å². The zero-order chi connectivity index (χ0) is 12.4. The maximum atomic E-state index is 13.8. The molecule has 9 heteroatoms. The molecular weight excluding hydrogens is 229 g/mol. The summed E-state index contributed by atoms with van der Waals surface area (Å²) in [5.41, 5.74) is 1.88. The molecule has 1 fully saturated rings. The number of carbonyl (C=O) groups is 1. The Bertz CT molecular complexity index is 424. The van der Waals surface area contributed by atoms with Crippen molar-refractivity contribution in [1.29, 1.82) is 0 Å². The highest BCUT2D eigenvalue weighted by Crippen LogP contribution is 2.35. The number of hydrazine groups is 2. The molecule has 0 aromatic carbocycles. The Kier molecular flexibility index (Phi) is 3.02. The molecule has 1 aromatic heterocycles. The van der Waals surface area contributed by atoms with Gasteiger partial charge in [0.25, 0.3) is 0 Å². The van der Waals surface area contributed by atoms with Crippen molar-refractivity contribution in [3.8, 4) is 0 Å². The van der Waals surface area contributed by atoms with Crippen LogP contribution in [0, 0.1) is 0 Å². The van der Waals surface area contributed by atoms with Gasteiger partial charge in [-0.3, -0.25) is 5.43 Å². The van der Waals surface area contributed by atoms with Gasteiger partial charge in [0.1, 0.15) is 12.0 Å². The van der Waals surface area contributed by atoms with Crippen LogP contribution in [0.2, 0.25) is 0 Å². The number of urea groups is 1. The summed E-state index contributed by atoms with van der Waals surface area (Å²) in [4.78, 5) is 18.7. The zero-order valence-corrected chi connectivity index (χ0v) is 8.88. The number of hydrogen-bond acceptors (Lipinski definition) is 6. The molecule has 1 saturated carbocycles. The first-order valence-corrected chi connectivity index (χ1v) is 4.95. The number of hydrogen-bond donors (Lipinski definition) is 3. The van der Waals surface area contributed by atoms with E-state index in [1.54, 1.807) is 0 Å². The van der Waals surface area contributed by atoms with Crippen molar-refractivity contribution in [2.45, 2.75) is 18.9 Å². The van der Waals surface area contributed by atoms with Gasteiger partial charge in [-0.2, -0.15) is 0 Å². The second-order valence-electron chi connectivity index (χ2n) is 3.59. The van der Waals surface area contributed by atoms with Crippen molar-refractivity contribution in [3.05, 3.63) is 12.5 Å². The van der Waals surface area contributed by atoms with Crippen molar-refractivity contribution < 1.29 is 9.28 Å². The van der Waals surface area contributed by atoms with E-state index in [9.17, 15) is 9.28 Å². The van der Waals surface area contributed by atoms with E-state index >= 15 is 0 Å². The smallest absolute Gasteiger partial charge is 0.274 e. The molecule has 8 nitrogen and oxygen atoms in total. The summed E-state index contributed by atoms with van der Waals surface area (Å²) in [5, 5.41) is 1.14. The predicted molar refractivity (Wildman–Crippen MR) is 58.0 cm³/mol. The molecule has 2 amide bonds. The van der Waals surface area contributed by atoms with Gasteiger partial charge in [-0.15, -0.1) is 0 Å². The van der Waals surface area contributed by atoms with Crippen molar-refractivity contribution in [1.82, 2.24) is 15.4 Å². The fraction of sp³-hybridized carbons (Fsp3) is 0.375. The summed E-state index contributed by atoms with van der Waals surface area (Å²) in [6.45, 7) is 0. The highest BCUT2D eigenvalue weighted by molar-refractivity contribution is 5.92. The van der Waals surface area contributed by atoms with E-state index < -0.39 is 6.03 Å². The zero-order valence-electron chi connectivity index (χ0n) is 8.88. The van der Waals surface area contributed by atoms with Crippen LogP contribution in [-0.2, 0) is 0 Å². The van der Waals surface area contributed by atoms with Crippen LogP contribution >= 0.6 is 0 Å². The minimum Gasteiger partial charge on any atom is -0.274 e. The molecule has 0 unspecified atom stereocenters. The molecule has 1 aliphatic carbocycles. The number of rotatable bonds is 3. The van der Waals surface area contributed by atoms with Crippen LogP contribution in [0.4, 0.5) is 20.8 Å². The number of nitrogens with zero attached hydrogens (tertiary/aromatic N) is 4. The maximum absolute atomic E-state index is 13.8. The molecule has 1 aliphatic rings. The monoisotopic (exact) mass is 241 g/mol. The van der Waals surface area contributed by atoms with Crippen LogP contribution in [0.15, 0.2) is 12.5 Å². The Morgan fingerprint density at radius 3 is 2.88 bits per heavy atom. The van der Waals surface area contributed by atoms with Gasteiger partial charge < -0.3 is 0 Å². The van der Waals surface area contributed by atoms with Gasteiger partial charge in [0, 0.05) is 0 Å². The molecule has 5 N–H and O–H groups in total. The summed E-state index contributed by atoms with van der Waals surface area (Å²) >= 11 is 0. The first-order chi connectivity index (χ1) is 8.15. The molecule has 2 rings (SSSR count). The Morgan fingerprint density at radius 1 is 1.59 bits per heavy atom. The minimum absolute atomic E-state index is 0.0427. The Hall–Kier alpha value is -2.00. The SMILES string of the molecule is NNC(=O)N(N)c1ncncc1N(F)C1CC1. The number of carbonyl (C=O) groups excluding carboxylic acids is 1. The summed E-state index contributed by atoms with van der Waals surface area (Å²) in [7, 11) is 0. The van der Waals surface area contributed by atoms with Crippen LogP contribution in [0.25, 0.3) is 0 Å². The lowest BCUT2D eigenvalue weighted by molar-refractivity contribution is 0.246. The van der Waals surface area contributed by atoms with Crippen LogP contribution in [-0.4, -0.2) is 22.0 Å². The number of anilines is 2. The first-order valence-electron chi connectivity index (χ1n) is 4.95. The maximum Gasteiger partial charge on any atom is 0.351 e. The van der Waals surface area contributed by atoms with Crippen molar-refractivity contribution in [2.24, 2.45) is 11.7 Å². The third-order valence-electron chi connectivity index (χ3n) is 2.34. The predicted octanol–water partition coefficient (Wildman–Crippen LogP) is -0.407. The lowest BCUT2D eigenvalue weighted by Gasteiger charge is -2.20. The van der Waals surface area contributed by atoms with E-state index in [2.05, 4.69) is 9.97 Å². The second kappa shape index (κ2) is 4.47. The van der Waals surface area contributed by atoms with Gasteiger partial charge in [-0.25, -0.2) is 36.6 Å². The van der Waals surface area contributed by atoms with Gasteiger partial charge in [-0.05, 0) is 12.8 Å². The number of amides is 2. The standard InChI is InChI=1S/C8H12FN7O/c9-15(5-1-2-5)6-3-12-4-13-7(6)16(11)8(17)14-10/h3-5H,1-2,10-11H2,(H,14,17). The van der Waals surface area contributed by atoms with Crippen molar-refractivity contribution in [2.75, 3.05) is 10.1 Å². The molecular formula is C8H12FN7O. The number of aromatic nitrogens is 2. The Labute approximate surface area is 96.3 Å². The lowest BCUT2D eigenvalue weighted by Crippen LogP contribution is -2.48. The fourth-order valence-electron chi connectivity index (χ4n) is 1.32. The molecule has 92 valence electrons. The lowest BCUT2D eigenvalue weighted by atomic mass is 10.4. The van der Waals surface area contributed by atoms with Gasteiger partial charge in [-0.1, -0.05) is 4.48 Å². The number of halogens is 1. The quantitative estimate of drug-likeness (QED) is 0.287. The number of nitrogens with one attached hydrogen (secondary N) is 1.